The largest absolute Gasteiger partial charge is 0.444 e. The molecule has 0 N–H and O–H groups in total. The fourth-order valence-corrected chi connectivity index (χ4v) is 2.03. The van der Waals surface area contributed by atoms with Crippen molar-refractivity contribution in [2.24, 2.45) is 5.92 Å². The standard InChI is InChI=1S/C13H21N3O2/c1-10-5-15(9-14-10)6-11-7-16(8-11)12(17)18-13(2,3)4/h5,9,11H,6-8H2,1-4H3. The van der Waals surface area contributed by atoms with Crippen LogP contribution in [0.5, 0.6) is 0 Å². The molecule has 0 saturated carbocycles. The van der Waals surface area contributed by atoms with Crippen LogP contribution in [0.2, 0.25) is 0 Å². The van der Waals surface area contributed by atoms with Gasteiger partial charge in [0.05, 0.1) is 12.0 Å². The molecule has 1 amide bonds. The highest BCUT2D eigenvalue weighted by Gasteiger charge is 2.33. The molecule has 1 aromatic heterocycles. The van der Waals surface area contributed by atoms with Crippen molar-refractivity contribution in [3.05, 3.63) is 18.2 Å². The fraction of sp³-hybridized carbons (Fsp3) is 0.692. The average molecular weight is 251 g/mol. The van der Waals surface area contributed by atoms with Gasteiger partial charge < -0.3 is 14.2 Å². The Hall–Kier alpha value is -1.52. The molecule has 0 unspecified atom stereocenters. The van der Waals surface area contributed by atoms with Gasteiger partial charge >= 0.3 is 6.09 Å². The number of aryl methyl sites for hydroxylation is 1. The van der Waals surface area contributed by atoms with Crippen molar-refractivity contribution in [3.63, 3.8) is 0 Å². The van der Waals surface area contributed by atoms with Crippen LogP contribution < -0.4 is 0 Å². The molecule has 5 nitrogen and oxygen atoms in total. The third kappa shape index (κ3) is 3.24. The van der Waals surface area contributed by atoms with Crippen molar-refractivity contribution < 1.29 is 9.53 Å². The molecule has 100 valence electrons. The Morgan fingerprint density at radius 2 is 2.17 bits per heavy atom. The van der Waals surface area contributed by atoms with Crippen LogP contribution >= 0.6 is 0 Å². The molecule has 2 heterocycles. The molecule has 0 bridgehead atoms. The number of carbonyl (C=O) groups excluding carboxylic acids is 1. The van der Waals surface area contributed by atoms with Gasteiger partial charge in [0.1, 0.15) is 5.60 Å². The highest BCUT2D eigenvalue weighted by molar-refractivity contribution is 5.69. The van der Waals surface area contributed by atoms with E-state index in [0.29, 0.717) is 5.92 Å². The van der Waals surface area contributed by atoms with Crippen LogP contribution in [0.25, 0.3) is 0 Å². The van der Waals surface area contributed by atoms with Crippen LogP contribution in [0.3, 0.4) is 0 Å². The number of aromatic nitrogens is 2. The third-order valence-corrected chi connectivity index (χ3v) is 2.84. The van der Waals surface area contributed by atoms with E-state index in [1.54, 1.807) is 4.90 Å². The molecular weight excluding hydrogens is 230 g/mol. The summed E-state index contributed by atoms with van der Waals surface area (Å²) in [6.45, 7) is 10.1. The number of likely N-dealkylation sites (tertiary alicyclic amines) is 1. The van der Waals surface area contributed by atoms with Gasteiger partial charge in [-0.05, 0) is 27.7 Å². The molecule has 0 atom stereocenters. The Morgan fingerprint density at radius 3 is 2.67 bits per heavy atom. The predicted octanol–water partition coefficient (Wildman–Crippen LogP) is 2.06. The normalized spacial score (nSPS) is 16.6. The lowest BCUT2D eigenvalue weighted by Gasteiger charge is -2.39. The van der Waals surface area contributed by atoms with Gasteiger partial charge in [-0.25, -0.2) is 9.78 Å². The second-order valence-electron chi connectivity index (χ2n) is 5.96. The number of hydrogen-bond acceptors (Lipinski definition) is 3. The number of ether oxygens (including phenoxy) is 1. The summed E-state index contributed by atoms with van der Waals surface area (Å²) in [7, 11) is 0. The van der Waals surface area contributed by atoms with E-state index in [2.05, 4.69) is 9.55 Å². The van der Waals surface area contributed by atoms with E-state index in [0.717, 1.165) is 25.3 Å². The summed E-state index contributed by atoms with van der Waals surface area (Å²) in [6.07, 6.45) is 3.65. The molecule has 1 aliphatic rings. The SMILES string of the molecule is Cc1cn(CC2CN(C(=O)OC(C)(C)C)C2)cn1. The van der Waals surface area contributed by atoms with E-state index in [4.69, 9.17) is 4.74 Å². The van der Waals surface area contributed by atoms with Gasteiger partial charge in [-0.1, -0.05) is 0 Å². The molecule has 1 aliphatic heterocycles. The first-order valence-corrected chi connectivity index (χ1v) is 6.30. The van der Waals surface area contributed by atoms with E-state index in [1.165, 1.54) is 0 Å². The van der Waals surface area contributed by atoms with Gasteiger partial charge in [-0.2, -0.15) is 0 Å². The predicted molar refractivity (Wildman–Crippen MR) is 68.3 cm³/mol. The summed E-state index contributed by atoms with van der Waals surface area (Å²) in [5.41, 5.74) is 0.613. The third-order valence-electron chi connectivity index (χ3n) is 2.84. The lowest BCUT2D eigenvalue weighted by Crippen LogP contribution is -2.52. The van der Waals surface area contributed by atoms with Crippen molar-refractivity contribution >= 4 is 6.09 Å². The Labute approximate surface area is 108 Å². The van der Waals surface area contributed by atoms with Crippen molar-refractivity contribution in [1.82, 2.24) is 14.5 Å². The Morgan fingerprint density at radius 1 is 1.50 bits per heavy atom. The summed E-state index contributed by atoms with van der Waals surface area (Å²) >= 11 is 0. The van der Waals surface area contributed by atoms with E-state index in [9.17, 15) is 4.79 Å². The molecule has 0 spiro atoms. The minimum Gasteiger partial charge on any atom is -0.444 e. The number of rotatable bonds is 2. The molecule has 18 heavy (non-hydrogen) atoms. The van der Waals surface area contributed by atoms with Gasteiger partial charge in [-0.3, -0.25) is 0 Å². The minimum absolute atomic E-state index is 0.208. The molecule has 1 aromatic rings. The summed E-state index contributed by atoms with van der Waals surface area (Å²) in [5.74, 6) is 0.506. The maximum absolute atomic E-state index is 11.7. The molecule has 5 heteroatoms. The van der Waals surface area contributed by atoms with Gasteiger partial charge in [0, 0.05) is 31.7 Å². The number of nitrogens with zero attached hydrogens (tertiary/aromatic N) is 3. The van der Waals surface area contributed by atoms with E-state index < -0.39 is 5.60 Å². The van der Waals surface area contributed by atoms with Crippen LogP contribution in [-0.2, 0) is 11.3 Å². The van der Waals surface area contributed by atoms with Gasteiger partial charge in [0.25, 0.3) is 0 Å². The quantitative estimate of drug-likeness (QED) is 0.808. The molecule has 2 rings (SSSR count). The fourth-order valence-electron chi connectivity index (χ4n) is 2.03. The van der Waals surface area contributed by atoms with Gasteiger partial charge in [-0.15, -0.1) is 0 Å². The van der Waals surface area contributed by atoms with Crippen LogP contribution in [0, 0.1) is 12.8 Å². The topological polar surface area (TPSA) is 47.4 Å². The first kappa shape index (κ1) is 12.9. The van der Waals surface area contributed by atoms with Crippen LogP contribution in [-0.4, -0.2) is 39.2 Å². The number of carbonyl (C=O) groups is 1. The lowest BCUT2D eigenvalue weighted by atomic mass is 10.0. The summed E-state index contributed by atoms with van der Waals surface area (Å²) in [4.78, 5) is 17.7. The van der Waals surface area contributed by atoms with E-state index in [1.807, 2.05) is 40.2 Å². The zero-order chi connectivity index (χ0) is 13.3. The van der Waals surface area contributed by atoms with Crippen molar-refractivity contribution in [2.75, 3.05) is 13.1 Å². The monoisotopic (exact) mass is 251 g/mol. The molecule has 1 fully saturated rings. The molecular formula is C13H21N3O2. The zero-order valence-electron chi connectivity index (χ0n) is 11.5. The Balaban J connectivity index is 1.75. The number of amides is 1. The Bertz CT molecular complexity index is 428. The van der Waals surface area contributed by atoms with Crippen molar-refractivity contribution in [1.29, 1.82) is 0 Å². The second kappa shape index (κ2) is 4.63. The molecule has 0 aromatic carbocycles. The number of hydrogen-bond donors (Lipinski definition) is 0. The van der Waals surface area contributed by atoms with E-state index >= 15 is 0 Å². The van der Waals surface area contributed by atoms with Gasteiger partial charge in [0.15, 0.2) is 0 Å². The van der Waals surface area contributed by atoms with Crippen LogP contribution in [0.1, 0.15) is 26.5 Å². The highest BCUT2D eigenvalue weighted by atomic mass is 16.6. The van der Waals surface area contributed by atoms with Crippen molar-refractivity contribution in [3.8, 4) is 0 Å². The van der Waals surface area contributed by atoms with Crippen molar-refractivity contribution in [2.45, 2.75) is 39.8 Å². The number of imidazole rings is 1. The molecule has 1 saturated heterocycles. The molecule has 0 radical (unpaired) electrons. The Kier molecular flexibility index (Phi) is 3.32. The van der Waals surface area contributed by atoms with Crippen LogP contribution in [0.4, 0.5) is 4.79 Å². The second-order valence-corrected chi connectivity index (χ2v) is 5.96. The summed E-state index contributed by atoms with van der Waals surface area (Å²) in [6, 6.07) is 0. The zero-order valence-corrected chi connectivity index (χ0v) is 11.5. The minimum atomic E-state index is -0.413. The first-order valence-electron chi connectivity index (χ1n) is 6.30. The maximum atomic E-state index is 11.7. The van der Waals surface area contributed by atoms with Gasteiger partial charge in [0.2, 0.25) is 0 Å². The maximum Gasteiger partial charge on any atom is 0.410 e. The smallest absolute Gasteiger partial charge is 0.410 e. The molecule has 0 aliphatic carbocycles. The van der Waals surface area contributed by atoms with Crippen LogP contribution in [0.15, 0.2) is 12.5 Å². The highest BCUT2D eigenvalue weighted by Crippen LogP contribution is 2.20. The lowest BCUT2D eigenvalue weighted by molar-refractivity contribution is -0.00333. The summed E-state index contributed by atoms with van der Waals surface area (Å²) in [5, 5.41) is 0. The average Bonchev–Trinajstić information content (AvgIpc) is 2.53. The summed E-state index contributed by atoms with van der Waals surface area (Å²) < 4.78 is 7.39. The van der Waals surface area contributed by atoms with E-state index in [-0.39, 0.29) is 6.09 Å². The first-order chi connectivity index (χ1) is 8.33.